The molecule has 1 heterocycles. The Labute approximate surface area is 126 Å². The molecule has 0 aromatic carbocycles. The highest BCUT2D eigenvalue weighted by atomic mass is 32.2. The second-order valence-electron chi connectivity index (χ2n) is 5.03. The molecule has 1 amide bonds. The van der Waals surface area contributed by atoms with Crippen LogP contribution in [0.4, 0.5) is 0 Å². The SMILES string of the molecule is CCCCN(C)C(=O)CCc1c(C)nc(SC)nc1C. The Kier molecular flexibility index (Phi) is 6.99. The summed E-state index contributed by atoms with van der Waals surface area (Å²) < 4.78 is 0. The number of hydrogen-bond donors (Lipinski definition) is 0. The van der Waals surface area contributed by atoms with Gasteiger partial charge < -0.3 is 4.90 Å². The van der Waals surface area contributed by atoms with Crippen molar-refractivity contribution in [2.24, 2.45) is 0 Å². The summed E-state index contributed by atoms with van der Waals surface area (Å²) in [7, 11) is 1.88. The third kappa shape index (κ3) is 4.78. The minimum Gasteiger partial charge on any atom is -0.346 e. The van der Waals surface area contributed by atoms with E-state index in [-0.39, 0.29) is 5.91 Å². The number of hydrogen-bond acceptors (Lipinski definition) is 4. The molecule has 5 heteroatoms. The molecule has 1 aromatic heterocycles. The van der Waals surface area contributed by atoms with Gasteiger partial charge in [-0.15, -0.1) is 0 Å². The molecule has 0 atom stereocenters. The van der Waals surface area contributed by atoms with Gasteiger partial charge in [0.05, 0.1) is 0 Å². The average Bonchev–Trinajstić information content (AvgIpc) is 2.43. The van der Waals surface area contributed by atoms with Crippen molar-refractivity contribution >= 4 is 17.7 Å². The molecule has 0 spiro atoms. The van der Waals surface area contributed by atoms with Crippen LogP contribution in [0.2, 0.25) is 0 Å². The zero-order valence-corrected chi connectivity index (χ0v) is 14.0. The lowest BCUT2D eigenvalue weighted by Gasteiger charge is -2.17. The largest absolute Gasteiger partial charge is 0.346 e. The van der Waals surface area contributed by atoms with E-state index in [9.17, 15) is 4.79 Å². The second kappa shape index (κ2) is 8.25. The molecule has 0 saturated heterocycles. The predicted octanol–water partition coefficient (Wildman–Crippen LogP) is 3.01. The van der Waals surface area contributed by atoms with Gasteiger partial charge in [-0.05, 0) is 38.5 Å². The first-order valence-corrected chi connectivity index (χ1v) is 8.34. The molecule has 0 saturated carbocycles. The van der Waals surface area contributed by atoms with Gasteiger partial charge in [0.25, 0.3) is 0 Å². The van der Waals surface area contributed by atoms with E-state index < -0.39 is 0 Å². The van der Waals surface area contributed by atoms with E-state index in [1.54, 1.807) is 11.8 Å². The van der Waals surface area contributed by atoms with Gasteiger partial charge in [0, 0.05) is 31.4 Å². The number of amides is 1. The van der Waals surface area contributed by atoms with Crippen molar-refractivity contribution in [1.82, 2.24) is 14.9 Å². The number of carbonyl (C=O) groups excluding carboxylic acids is 1. The summed E-state index contributed by atoms with van der Waals surface area (Å²) in [5.74, 6) is 0.200. The number of carbonyl (C=O) groups is 1. The van der Waals surface area contributed by atoms with Crippen molar-refractivity contribution in [2.45, 2.75) is 51.6 Å². The van der Waals surface area contributed by atoms with Crippen LogP contribution >= 0.6 is 11.8 Å². The Morgan fingerprint density at radius 3 is 2.35 bits per heavy atom. The molecule has 0 bridgehead atoms. The van der Waals surface area contributed by atoms with Gasteiger partial charge >= 0.3 is 0 Å². The molecule has 4 nitrogen and oxygen atoms in total. The van der Waals surface area contributed by atoms with Crippen LogP contribution in [0.5, 0.6) is 0 Å². The molecule has 0 aliphatic rings. The van der Waals surface area contributed by atoms with E-state index in [1.165, 1.54) is 0 Å². The fraction of sp³-hybridized carbons (Fsp3) is 0.667. The summed E-state index contributed by atoms with van der Waals surface area (Å²) in [6, 6.07) is 0. The molecule has 1 aromatic rings. The molecule has 0 fully saturated rings. The highest BCUT2D eigenvalue weighted by molar-refractivity contribution is 7.98. The van der Waals surface area contributed by atoms with Gasteiger partial charge in [-0.1, -0.05) is 25.1 Å². The highest BCUT2D eigenvalue weighted by Gasteiger charge is 2.12. The third-order valence-electron chi connectivity index (χ3n) is 3.44. The summed E-state index contributed by atoms with van der Waals surface area (Å²) >= 11 is 1.55. The Morgan fingerprint density at radius 2 is 1.85 bits per heavy atom. The molecular weight excluding hydrogens is 270 g/mol. The van der Waals surface area contributed by atoms with E-state index in [2.05, 4.69) is 16.9 Å². The fourth-order valence-electron chi connectivity index (χ4n) is 2.10. The summed E-state index contributed by atoms with van der Waals surface area (Å²) in [6.07, 6.45) is 5.40. The van der Waals surface area contributed by atoms with Gasteiger partial charge in [0.1, 0.15) is 0 Å². The first-order valence-electron chi connectivity index (χ1n) is 7.11. The van der Waals surface area contributed by atoms with Crippen molar-refractivity contribution in [1.29, 1.82) is 0 Å². The van der Waals surface area contributed by atoms with E-state index in [0.717, 1.165) is 47.9 Å². The van der Waals surface area contributed by atoms with E-state index >= 15 is 0 Å². The zero-order valence-electron chi connectivity index (χ0n) is 13.2. The lowest BCUT2D eigenvalue weighted by molar-refractivity contribution is -0.129. The quantitative estimate of drug-likeness (QED) is 0.573. The van der Waals surface area contributed by atoms with Gasteiger partial charge in [-0.2, -0.15) is 0 Å². The fourth-order valence-corrected chi connectivity index (χ4v) is 2.56. The van der Waals surface area contributed by atoms with Crippen molar-refractivity contribution in [2.75, 3.05) is 19.8 Å². The molecule has 0 N–H and O–H groups in total. The van der Waals surface area contributed by atoms with Gasteiger partial charge in [-0.3, -0.25) is 4.79 Å². The molecule has 0 aliphatic heterocycles. The lowest BCUT2D eigenvalue weighted by atomic mass is 10.1. The van der Waals surface area contributed by atoms with Crippen LogP contribution in [-0.4, -0.2) is 40.6 Å². The van der Waals surface area contributed by atoms with E-state index in [1.807, 2.05) is 32.1 Å². The van der Waals surface area contributed by atoms with Crippen LogP contribution in [0, 0.1) is 13.8 Å². The Morgan fingerprint density at radius 1 is 1.25 bits per heavy atom. The van der Waals surface area contributed by atoms with Crippen molar-refractivity contribution in [3.8, 4) is 0 Å². The maximum absolute atomic E-state index is 12.0. The Balaban J connectivity index is 2.64. The number of thioether (sulfide) groups is 1. The van der Waals surface area contributed by atoms with Crippen LogP contribution in [0.1, 0.15) is 43.1 Å². The molecule has 0 unspecified atom stereocenters. The predicted molar refractivity (Wildman–Crippen MR) is 84.2 cm³/mol. The van der Waals surface area contributed by atoms with Crippen molar-refractivity contribution < 1.29 is 4.79 Å². The standard InChI is InChI=1S/C15H25N3OS/c1-6-7-10-18(4)14(19)9-8-13-11(2)16-15(20-5)17-12(13)3/h6-10H2,1-5H3. The van der Waals surface area contributed by atoms with Crippen LogP contribution in [0.15, 0.2) is 5.16 Å². The van der Waals surface area contributed by atoms with E-state index in [0.29, 0.717) is 6.42 Å². The molecule has 0 radical (unpaired) electrons. The average molecular weight is 295 g/mol. The van der Waals surface area contributed by atoms with E-state index in [4.69, 9.17) is 0 Å². The number of unbranched alkanes of at least 4 members (excludes halogenated alkanes) is 1. The maximum Gasteiger partial charge on any atom is 0.222 e. The first-order chi connectivity index (χ1) is 9.49. The minimum absolute atomic E-state index is 0.200. The van der Waals surface area contributed by atoms with Crippen LogP contribution in [0.25, 0.3) is 0 Å². The maximum atomic E-state index is 12.0. The smallest absolute Gasteiger partial charge is 0.222 e. The number of nitrogens with zero attached hydrogens (tertiary/aromatic N) is 3. The van der Waals surface area contributed by atoms with Crippen LogP contribution in [0.3, 0.4) is 0 Å². The monoisotopic (exact) mass is 295 g/mol. The first kappa shape index (κ1) is 17.0. The Hall–Kier alpha value is -1.10. The number of rotatable bonds is 7. The number of aromatic nitrogens is 2. The topological polar surface area (TPSA) is 46.1 Å². The van der Waals surface area contributed by atoms with Crippen molar-refractivity contribution in [3.05, 3.63) is 17.0 Å². The summed E-state index contributed by atoms with van der Waals surface area (Å²) in [6.45, 7) is 6.97. The second-order valence-corrected chi connectivity index (χ2v) is 5.80. The molecule has 0 aliphatic carbocycles. The third-order valence-corrected chi connectivity index (χ3v) is 3.99. The number of aryl methyl sites for hydroxylation is 2. The minimum atomic E-state index is 0.200. The molecular formula is C15H25N3OS. The van der Waals surface area contributed by atoms with Crippen LogP contribution < -0.4 is 0 Å². The lowest BCUT2D eigenvalue weighted by Crippen LogP contribution is -2.28. The molecule has 20 heavy (non-hydrogen) atoms. The zero-order chi connectivity index (χ0) is 15.1. The van der Waals surface area contributed by atoms with Gasteiger partial charge in [-0.25, -0.2) is 9.97 Å². The van der Waals surface area contributed by atoms with Crippen molar-refractivity contribution in [3.63, 3.8) is 0 Å². The molecule has 1 rings (SSSR count). The van der Waals surface area contributed by atoms with Crippen LogP contribution in [-0.2, 0) is 11.2 Å². The summed E-state index contributed by atoms with van der Waals surface area (Å²) in [4.78, 5) is 22.8. The highest BCUT2D eigenvalue weighted by Crippen LogP contribution is 2.17. The summed E-state index contributed by atoms with van der Waals surface area (Å²) in [5, 5.41) is 0.801. The molecule has 112 valence electrons. The van der Waals surface area contributed by atoms with Gasteiger partial charge in [0.15, 0.2) is 5.16 Å². The normalized spacial score (nSPS) is 10.7. The van der Waals surface area contributed by atoms with Gasteiger partial charge in [0.2, 0.25) is 5.91 Å². The summed E-state index contributed by atoms with van der Waals surface area (Å²) in [5.41, 5.74) is 3.09. The Bertz CT molecular complexity index is 439.